The van der Waals surface area contributed by atoms with Crippen LogP contribution in [0.15, 0.2) is 66.0 Å². The predicted octanol–water partition coefficient (Wildman–Crippen LogP) is 3.86. The van der Waals surface area contributed by atoms with E-state index in [9.17, 15) is 14.4 Å². The zero-order valence-corrected chi connectivity index (χ0v) is 15.9. The Labute approximate surface area is 166 Å². The maximum absolute atomic E-state index is 12.4. The molecular formula is C21H18N2O4S. The Hall–Kier alpha value is -3.45. The summed E-state index contributed by atoms with van der Waals surface area (Å²) in [5, 5.41) is 7.52. The first-order chi connectivity index (χ1) is 13.5. The number of anilines is 1. The standard InChI is InChI=1S/C21H18N2O4S/c1-14(24)27-17-8-4-7-15(12-17)20(25)22-13-16-6-2-3-9-18(16)23-21(26)19-10-5-11-28-19/h2-12H,13H2,1H3,(H,22,25)(H,23,26). The van der Waals surface area contributed by atoms with Crippen molar-refractivity contribution in [3.05, 3.63) is 82.0 Å². The van der Waals surface area contributed by atoms with E-state index in [1.54, 1.807) is 30.3 Å². The quantitative estimate of drug-likeness (QED) is 0.491. The Balaban J connectivity index is 1.67. The van der Waals surface area contributed by atoms with Crippen molar-refractivity contribution >= 4 is 34.8 Å². The van der Waals surface area contributed by atoms with Crippen LogP contribution in [0.25, 0.3) is 0 Å². The third-order valence-corrected chi connectivity index (χ3v) is 4.68. The highest BCUT2D eigenvalue weighted by Gasteiger charge is 2.12. The van der Waals surface area contributed by atoms with Gasteiger partial charge in [0.1, 0.15) is 5.75 Å². The number of esters is 1. The van der Waals surface area contributed by atoms with Crippen LogP contribution < -0.4 is 15.4 Å². The summed E-state index contributed by atoms with van der Waals surface area (Å²) in [4.78, 5) is 36.4. The van der Waals surface area contributed by atoms with E-state index < -0.39 is 5.97 Å². The summed E-state index contributed by atoms with van der Waals surface area (Å²) >= 11 is 1.36. The SMILES string of the molecule is CC(=O)Oc1cccc(C(=O)NCc2ccccc2NC(=O)c2cccs2)c1. The van der Waals surface area contributed by atoms with E-state index in [0.29, 0.717) is 21.9 Å². The first kappa shape index (κ1) is 19.3. The van der Waals surface area contributed by atoms with Gasteiger partial charge in [-0.3, -0.25) is 14.4 Å². The average molecular weight is 394 g/mol. The lowest BCUT2D eigenvalue weighted by Crippen LogP contribution is -2.24. The van der Waals surface area contributed by atoms with E-state index in [1.165, 1.54) is 24.3 Å². The molecule has 0 saturated carbocycles. The number of benzene rings is 2. The smallest absolute Gasteiger partial charge is 0.308 e. The fourth-order valence-corrected chi connectivity index (χ4v) is 3.15. The average Bonchev–Trinajstić information content (AvgIpc) is 3.22. The number of ether oxygens (including phenoxy) is 1. The van der Waals surface area contributed by atoms with Gasteiger partial charge >= 0.3 is 5.97 Å². The molecule has 0 saturated heterocycles. The molecule has 3 aromatic rings. The number of para-hydroxylation sites is 1. The molecule has 0 radical (unpaired) electrons. The zero-order chi connectivity index (χ0) is 19.9. The molecule has 2 N–H and O–H groups in total. The predicted molar refractivity (Wildman–Crippen MR) is 108 cm³/mol. The Morgan fingerprint density at radius 1 is 0.964 bits per heavy atom. The molecule has 142 valence electrons. The summed E-state index contributed by atoms with van der Waals surface area (Å²) < 4.78 is 5.00. The summed E-state index contributed by atoms with van der Waals surface area (Å²) in [6, 6.07) is 17.2. The third-order valence-electron chi connectivity index (χ3n) is 3.81. The number of nitrogens with one attached hydrogen (secondary N) is 2. The van der Waals surface area contributed by atoms with Crippen molar-refractivity contribution in [2.24, 2.45) is 0 Å². The second-order valence-corrected chi connectivity index (χ2v) is 6.84. The normalized spacial score (nSPS) is 10.2. The van der Waals surface area contributed by atoms with Gasteiger partial charge in [-0.25, -0.2) is 0 Å². The molecule has 1 heterocycles. The van der Waals surface area contributed by atoms with E-state index in [0.717, 1.165) is 5.56 Å². The number of carbonyl (C=O) groups excluding carboxylic acids is 3. The fourth-order valence-electron chi connectivity index (χ4n) is 2.53. The molecule has 3 rings (SSSR count). The number of carbonyl (C=O) groups is 3. The molecular weight excluding hydrogens is 376 g/mol. The van der Waals surface area contributed by atoms with Crippen LogP contribution in [0.2, 0.25) is 0 Å². The van der Waals surface area contributed by atoms with Gasteiger partial charge in [-0.1, -0.05) is 30.3 Å². The molecule has 0 fully saturated rings. The monoisotopic (exact) mass is 394 g/mol. The molecule has 2 aromatic carbocycles. The first-order valence-electron chi connectivity index (χ1n) is 8.52. The third kappa shape index (κ3) is 5.05. The van der Waals surface area contributed by atoms with Crippen molar-refractivity contribution in [1.82, 2.24) is 5.32 Å². The van der Waals surface area contributed by atoms with E-state index in [2.05, 4.69) is 10.6 Å². The summed E-state index contributed by atoms with van der Waals surface area (Å²) in [5.74, 6) is -0.645. The summed E-state index contributed by atoms with van der Waals surface area (Å²) in [6.07, 6.45) is 0. The van der Waals surface area contributed by atoms with Crippen LogP contribution in [0.4, 0.5) is 5.69 Å². The fraction of sp³-hybridized carbons (Fsp3) is 0.0952. The highest BCUT2D eigenvalue weighted by molar-refractivity contribution is 7.12. The molecule has 0 bridgehead atoms. The van der Waals surface area contributed by atoms with E-state index in [1.807, 2.05) is 29.6 Å². The zero-order valence-electron chi connectivity index (χ0n) is 15.1. The molecule has 1 aromatic heterocycles. The Bertz CT molecular complexity index is 999. The minimum Gasteiger partial charge on any atom is -0.427 e. The molecule has 28 heavy (non-hydrogen) atoms. The molecule has 0 aliphatic heterocycles. The number of hydrogen-bond acceptors (Lipinski definition) is 5. The minimum absolute atomic E-state index is 0.192. The van der Waals surface area contributed by atoms with Gasteiger partial charge in [0.25, 0.3) is 11.8 Å². The highest BCUT2D eigenvalue weighted by Crippen LogP contribution is 2.18. The first-order valence-corrected chi connectivity index (χ1v) is 9.40. The van der Waals surface area contributed by atoms with Crippen molar-refractivity contribution in [3.63, 3.8) is 0 Å². The molecule has 0 aliphatic rings. The minimum atomic E-state index is -0.451. The summed E-state index contributed by atoms with van der Waals surface area (Å²) in [7, 11) is 0. The van der Waals surface area contributed by atoms with Crippen molar-refractivity contribution < 1.29 is 19.1 Å². The van der Waals surface area contributed by atoms with Crippen LogP contribution in [-0.4, -0.2) is 17.8 Å². The lowest BCUT2D eigenvalue weighted by Gasteiger charge is -2.12. The summed E-state index contributed by atoms with van der Waals surface area (Å²) in [6.45, 7) is 1.53. The van der Waals surface area contributed by atoms with Crippen molar-refractivity contribution in [2.45, 2.75) is 13.5 Å². The van der Waals surface area contributed by atoms with Gasteiger partial charge < -0.3 is 15.4 Å². The lowest BCUT2D eigenvalue weighted by atomic mass is 10.1. The second kappa shape index (κ2) is 8.96. The van der Waals surface area contributed by atoms with E-state index >= 15 is 0 Å². The molecule has 0 spiro atoms. The van der Waals surface area contributed by atoms with Gasteiger partial charge in [0, 0.05) is 24.7 Å². The van der Waals surface area contributed by atoms with Crippen molar-refractivity contribution in [1.29, 1.82) is 0 Å². The van der Waals surface area contributed by atoms with Crippen LogP contribution in [-0.2, 0) is 11.3 Å². The molecule has 6 nitrogen and oxygen atoms in total. The van der Waals surface area contributed by atoms with E-state index in [-0.39, 0.29) is 18.4 Å². The maximum Gasteiger partial charge on any atom is 0.308 e. The topological polar surface area (TPSA) is 84.5 Å². The van der Waals surface area contributed by atoms with Gasteiger partial charge in [0.05, 0.1) is 4.88 Å². The number of amides is 2. The van der Waals surface area contributed by atoms with Gasteiger partial charge in [-0.05, 0) is 41.3 Å². The Morgan fingerprint density at radius 3 is 2.54 bits per heavy atom. The maximum atomic E-state index is 12.4. The van der Waals surface area contributed by atoms with Gasteiger partial charge in [-0.2, -0.15) is 0 Å². The largest absolute Gasteiger partial charge is 0.427 e. The molecule has 2 amide bonds. The molecule has 0 aliphatic carbocycles. The molecule has 0 unspecified atom stereocenters. The molecule has 0 atom stereocenters. The van der Waals surface area contributed by atoms with Crippen LogP contribution in [0, 0.1) is 0 Å². The second-order valence-electron chi connectivity index (χ2n) is 5.89. The van der Waals surface area contributed by atoms with Crippen LogP contribution in [0.3, 0.4) is 0 Å². The Kier molecular flexibility index (Phi) is 6.18. The van der Waals surface area contributed by atoms with Crippen LogP contribution in [0.1, 0.15) is 32.5 Å². The number of thiophene rings is 1. The van der Waals surface area contributed by atoms with Gasteiger partial charge in [-0.15, -0.1) is 11.3 Å². The van der Waals surface area contributed by atoms with Crippen molar-refractivity contribution in [3.8, 4) is 5.75 Å². The Morgan fingerprint density at radius 2 is 1.79 bits per heavy atom. The number of hydrogen-bond donors (Lipinski definition) is 2. The molecule has 7 heteroatoms. The van der Waals surface area contributed by atoms with Crippen molar-refractivity contribution in [2.75, 3.05) is 5.32 Å². The lowest BCUT2D eigenvalue weighted by molar-refractivity contribution is -0.131. The van der Waals surface area contributed by atoms with Gasteiger partial charge in [0.15, 0.2) is 0 Å². The van der Waals surface area contributed by atoms with Crippen LogP contribution >= 0.6 is 11.3 Å². The van der Waals surface area contributed by atoms with Crippen LogP contribution in [0.5, 0.6) is 5.75 Å². The number of rotatable bonds is 6. The highest BCUT2D eigenvalue weighted by atomic mass is 32.1. The van der Waals surface area contributed by atoms with E-state index in [4.69, 9.17) is 4.74 Å². The summed E-state index contributed by atoms with van der Waals surface area (Å²) in [5.41, 5.74) is 1.78. The van der Waals surface area contributed by atoms with Gasteiger partial charge in [0.2, 0.25) is 0 Å².